The molecule has 3 aromatic rings. The Morgan fingerprint density at radius 2 is 1.55 bits per heavy atom. The topological polar surface area (TPSA) is 123 Å². The van der Waals surface area contributed by atoms with Crippen LogP contribution in [0.1, 0.15) is 22.7 Å². The molecule has 0 aliphatic carbocycles. The third-order valence-electron chi connectivity index (χ3n) is 7.15. The fourth-order valence-corrected chi connectivity index (χ4v) is 6.74. The first-order valence-electron chi connectivity index (χ1n) is 13.7. The van der Waals surface area contributed by atoms with Gasteiger partial charge in [-0.05, 0) is 39.8 Å². The Kier molecular flexibility index (Phi) is 10.2. The van der Waals surface area contributed by atoms with Crippen LogP contribution in [-0.2, 0) is 37.1 Å². The molecule has 10 nitrogen and oxygen atoms in total. The van der Waals surface area contributed by atoms with Gasteiger partial charge in [-0.1, -0.05) is 88.7 Å². The quantitative estimate of drug-likeness (QED) is 0.173. The third-order valence-corrected chi connectivity index (χ3v) is 9.02. The maximum Gasteiger partial charge on any atom is 0.408 e. The second kappa shape index (κ2) is 14.5. The number of carbonyl (C=O) groups is 4. The minimum atomic E-state index is -1.12. The summed E-state index contributed by atoms with van der Waals surface area (Å²) in [4.78, 5) is 54.3. The molecule has 228 valence electrons. The second-order valence-electron chi connectivity index (χ2n) is 9.99. The number of thioether (sulfide) groups is 1. The summed E-state index contributed by atoms with van der Waals surface area (Å²) < 4.78 is 16.1. The zero-order valence-electron chi connectivity index (χ0n) is 23.7. The molecule has 3 amide bonds. The number of halogens is 1. The van der Waals surface area contributed by atoms with Gasteiger partial charge in [-0.25, -0.2) is 9.59 Å². The summed E-state index contributed by atoms with van der Waals surface area (Å²) in [7, 11) is 1.57. The summed E-state index contributed by atoms with van der Waals surface area (Å²) in [5, 5.41) is 7.04. The summed E-state index contributed by atoms with van der Waals surface area (Å²) in [6.45, 7) is 0.0580. The maximum absolute atomic E-state index is 13.5. The van der Waals surface area contributed by atoms with Gasteiger partial charge in [0, 0.05) is 5.33 Å². The number of fused-ring (bicyclic) bond motifs is 1. The summed E-state index contributed by atoms with van der Waals surface area (Å²) in [6, 6.07) is 22.0. The minimum absolute atomic E-state index is 0.0275. The van der Waals surface area contributed by atoms with Crippen molar-refractivity contribution in [1.29, 1.82) is 0 Å². The van der Waals surface area contributed by atoms with Gasteiger partial charge in [0.05, 0.1) is 7.11 Å². The first kappa shape index (κ1) is 31.1. The van der Waals surface area contributed by atoms with E-state index >= 15 is 0 Å². The van der Waals surface area contributed by atoms with Crippen molar-refractivity contribution in [3.63, 3.8) is 0 Å². The SMILES string of the molecule is COc1ccc(COC(=O)C2C(CBr)=CS[C@H]3[C@@H](NC(=O)C(NC(=O)OCc4ccccc4)c4ccccc4)C(=O)N23)cc1. The van der Waals surface area contributed by atoms with Crippen LogP contribution in [0.4, 0.5) is 4.79 Å². The van der Waals surface area contributed by atoms with Crippen LogP contribution in [0.25, 0.3) is 0 Å². The molecular weight excluding hydrogens is 650 g/mol. The molecule has 2 N–H and O–H groups in total. The number of ether oxygens (including phenoxy) is 3. The van der Waals surface area contributed by atoms with Crippen molar-refractivity contribution in [1.82, 2.24) is 15.5 Å². The van der Waals surface area contributed by atoms with E-state index in [0.717, 1.165) is 11.1 Å². The molecule has 3 aromatic carbocycles. The molecular formula is C32H30BrN3O7S. The highest BCUT2D eigenvalue weighted by atomic mass is 79.9. The number of nitrogens with zero attached hydrogens (tertiary/aromatic N) is 1. The highest BCUT2D eigenvalue weighted by Gasteiger charge is 2.56. The number of β-lactam (4-membered cyclic amide) rings is 1. The lowest BCUT2D eigenvalue weighted by Gasteiger charge is -2.51. The van der Waals surface area contributed by atoms with Crippen molar-refractivity contribution in [2.24, 2.45) is 0 Å². The van der Waals surface area contributed by atoms with E-state index < -0.39 is 47.4 Å². The summed E-state index contributed by atoms with van der Waals surface area (Å²) in [5.41, 5.74) is 2.76. The van der Waals surface area contributed by atoms with Crippen molar-refractivity contribution < 1.29 is 33.4 Å². The van der Waals surface area contributed by atoms with Crippen LogP contribution in [0.5, 0.6) is 5.75 Å². The lowest BCUT2D eigenvalue weighted by atomic mass is 9.98. The number of hydrogen-bond donors (Lipinski definition) is 2. The van der Waals surface area contributed by atoms with Gasteiger partial charge >= 0.3 is 12.1 Å². The number of nitrogens with one attached hydrogen (secondary N) is 2. The van der Waals surface area contributed by atoms with E-state index in [4.69, 9.17) is 14.2 Å². The van der Waals surface area contributed by atoms with Crippen LogP contribution >= 0.6 is 27.7 Å². The molecule has 2 unspecified atom stereocenters. The number of esters is 1. The van der Waals surface area contributed by atoms with Gasteiger partial charge < -0.3 is 29.7 Å². The fourth-order valence-electron chi connectivity index (χ4n) is 4.83. The van der Waals surface area contributed by atoms with Crippen molar-refractivity contribution >= 4 is 51.6 Å². The van der Waals surface area contributed by atoms with Gasteiger partial charge in [0.25, 0.3) is 0 Å². The van der Waals surface area contributed by atoms with E-state index in [1.54, 1.807) is 61.7 Å². The largest absolute Gasteiger partial charge is 0.497 e. The van der Waals surface area contributed by atoms with Gasteiger partial charge in [0.2, 0.25) is 11.8 Å². The Hall–Kier alpha value is -4.29. The van der Waals surface area contributed by atoms with Crippen molar-refractivity contribution in [2.45, 2.75) is 36.7 Å². The molecule has 0 aromatic heterocycles. The van der Waals surface area contributed by atoms with Crippen LogP contribution in [0.3, 0.4) is 0 Å². The van der Waals surface area contributed by atoms with Crippen LogP contribution in [-0.4, -0.2) is 58.7 Å². The molecule has 1 saturated heterocycles. The molecule has 0 bridgehead atoms. The van der Waals surface area contributed by atoms with Crippen LogP contribution in [0.2, 0.25) is 0 Å². The molecule has 2 aliphatic rings. The van der Waals surface area contributed by atoms with E-state index in [0.29, 0.717) is 22.2 Å². The van der Waals surface area contributed by atoms with Crippen molar-refractivity contribution in [2.75, 3.05) is 12.4 Å². The molecule has 0 spiro atoms. The van der Waals surface area contributed by atoms with E-state index in [1.807, 2.05) is 35.7 Å². The Morgan fingerprint density at radius 3 is 2.20 bits per heavy atom. The van der Waals surface area contributed by atoms with E-state index in [-0.39, 0.29) is 13.2 Å². The number of hydrogen-bond acceptors (Lipinski definition) is 8. The molecule has 2 aliphatic heterocycles. The van der Waals surface area contributed by atoms with Gasteiger partial charge in [-0.15, -0.1) is 11.8 Å². The summed E-state index contributed by atoms with van der Waals surface area (Å²) in [6.07, 6.45) is -0.781. The highest BCUT2D eigenvalue weighted by Crippen LogP contribution is 2.41. The van der Waals surface area contributed by atoms with E-state index in [2.05, 4.69) is 26.6 Å². The molecule has 0 radical (unpaired) electrons. The molecule has 4 atom stereocenters. The number of amides is 3. The molecule has 1 fully saturated rings. The lowest BCUT2D eigenvalue weighted by molar-refractivity contribution is -0.164. The van der Waals surface area contributed by atoms with Crippen molar-refractivity contribution in [3.8, 4) is 5.75 Å². The molecule has 12 heteroatoms. The van der Waals surface area contributed by atoms with Crippen LogP contribution in [0.15, 0.2) is 95.9 Å². The van der Waals surface area contributed by atoms with Gasteiger partial charge in [0.15, 0.2) is 6.04 Å². The molecule has 5 rings (SSSR count). The number of rotatable bonds is 11. The Morgan fingerprint density at radius 1 is 0.909 bits per heavy atom. The number of methoxy groups -OCH3 is 1. The van der Waals surface area contributed by atoms with Crippen LogP contribution in [0, 0.1) is 0 Å². The Labute approximate surface area is 267 Å². The number of alkyl halides is 1. The third kappa shape index (κ3) is 7.08. The van der Waals surface area contributed by atoms with Crippen LogP contribution < -0.4 is 15.4 Å². The zero-order chi connectivity index (χ0) is 31.1. The van der Waals surface area contributed by atoms with E-state index in [1.165, 1.54) is 16.7 Å². The number of carbonyl (C=O) groups excluding carboxylic acids is 4. The Balaban J connectivity index is 1.24. The predicted octanol–water partition coefficient (Wildman–Crippen LogP) is 4.45. The molecule has 0 saturated carbocycles. The monoisotopic (exact) mass is 679 g/mol. The predicted molar refractivity (Wildman–Crippen MR) is 168 cm³/mol. The average molecular weight is 681 g/mol. The maximum atomic E-state index is 13.5. The summed E-state index contributed by atoms with van der Waals surface area (Å²) >= 11 is 4.74. The first-order valence-corrected chi connectivity index (χ1v) is 15.8. The average Bonchev–Trinajstić information content (AvgIpc) is 3.07. The van der Waals surface area contributed by atoms with E-state index in [9.17, 15) is 19.2 Å². The zero-order valence-corrected chi connectivity index (χ0v) is 26.1. The molecule has 44 heavy (non-hydrogen) atoms. The van der Waals surface area contributed by atoms with Gasteiger partial charge in [0.1, 0.15) is 36.4 Å². The van der Waals surface area contributed by atoms with Gasteiger partial charge in [-0.3, -0.25) is 9.59 Å². The fraction of sp³-hybridized carbons (Fsp3) is 0.250. The van der Waals surface area contributed by atoms with Crippen molar-refractivity contribution in [3.05, 3.63) is 113 Å². The minimum Gasteiger partial charge on any atom is -0.497 e. The second-order valence-corrected chi connectivity index (χ2v) is 11.5. The Bertz CT molecular complexity index is 1520. The van der Waals surface area contributed by atoms with Gasteiger partial charge in [-0.2, -0.15) is 0 Å². The smallest absolute Gasteiger partial charge is 0.408 e. The highest BCUT2D eigenvalue weighted by molar-refractivity contribution is 9.09. The first-order chi connectivity index (χ1) is 21.4. The number of alkyl carbamates (subject to hydrolysis) is 1. The standard InChI is InChI=1S/C32H30BrN3O7S/c1-41-24-14-12-21(13-15-24)17-42-31(39)27-23(16-33)19-44-30-26(29(38)36(27)30)34-28(37)25(22-10-6-3-7-11-22)35-32(40)43-18-20-8-4-2-5-9-20/h2-15,19,25-27,30H,16-18H2,1H3,(H,34,37)(H,35,40)/t25?,26-,27?,30-/m0/s1. The number of benzene rings is 3. The lowest BCUT2D eigenvalue weighted by Crippen LogP contribution is -2.74. The summed E-state index contributed by atoms with van der Waals surface area (Å²) in [5.74, 6) is -0.891. The molecule has 2 heterocycles. The normalized spacial score (nSPS) is 19.4.